The van der Waals surface area contributed by atoms with Gasteiger partial charge in [-0.1, -0.05) is 12.2 Å². The topological polar surface area (TPSA) is 88.5 Å². The van der Waals surface area contributed by atoms with Gasteiger partial charge in [-0.25, -0.2) is 4.98 Å². The number of anilines is 1. The fourth-order valence-corrected chi connectivity index (χ4v) is 3.21. The molecular weight excluding hydrogens is 268 g/mol. The van der Waals surface area contributed by atoms with Gasteiger partial charge in [-0.05, 0) is 6.92 Å². The summed E-state index contributed by atoms with van der Waals surface area (Å²) in [4.78, 5) is 27.6. The molecule has 2 aliphatic rings. The largest absolute Gasteiger partial charge is 0.481 e. The summed E-state index contributed by atoms with van der Waals surface area (Å²) in [6.45, 7) is 1.83. The average molecular weight is 280 g/mol. The lowest BCUT2D eigenvalue weighted by atomic mass is 9.82. The second kappa shape index (κ2) is 4.43. The molecule has 7 heteroatoms. The summed E-state index contributed by atoms with van der Waals surface area (Å²) in [5.41, 5.74) is 0.819. The van der Waals surface area contributed by atoms with E-state index in [-0.39, 0.29) is 5.91 Å². The van der Waals surface area contributed by atoms with E-state index in [0.29, 0.717) is 5.13 Å². The molecule has 0 radical (unpaired) electrons. The zero-order valence-corrected chi connectivity index (χ0v) is 10.9. The second-order valence-electron chi connectivity index (χ2n) is 4.62. The summed E-state index contributed by atoms with van der Waals surface area (Å²) in [6, 6.07) is 0. The number of aryl methyl sites for hydroxylation is 1. The van der Waals surface area contributed by atoms with Crippen LogP contribution in [0.2, 0.25) is 0 Å². The lowest BCUT2D eigenvalue weighted by Crippen LogP contribution is -2.39. The first kappa shape index (κ1) is 12.3. The van der Waals surface area contributed by atoms with E-state index in [4.69, 9.17) is 4.74 Å². The molecule has 2 aliphatic heterocycles. The van der Waals surface area contributed by atoms with Gasteiger partial charge >= 0.3 is 5.97 Å². The van der Waals surface area contributed by atoms with Crippen molar-refractivity contribution in [1.82, 2.24) is 4.98 Å². The maximum Gasteiger partial charge on any atom is 0.310 e. The third-order valence-electron chi connectivity index (χ3n) is 3.34. The Morgan fingerprint density at radius 1 is 1.37 bits per heavy atom. The maximum absolute atomic E-state index is 12.2. The molecule has 1 aromatic rings. The Hall–Kier alpha value is -1.73. The highest BCUT2D eigenvalue weighted by Gasteiger charge is 2.53. The van der Waals surface area contributed by atoms with Gasteiger partial charge in [0.05, 0.1) is 23.8 Å². The summed E-state index contributed by atoms with van der Waals surface area (Å²) in [5.74, 6) is -2.88. The van der Waals surface area contributed by atoms with Gasteiger partial charge in [0.2, 0.25) is 5.91 Å². The number of carbonyl (C=O) groups is 2. The minimum absolute atomic E-state index is 0.349. The van der Waals surface area contributed by atoms with Gasteiger partial charge in [-0.3, -0.25) is 9.59 Å². The van der Waals surface area contributed by atoms with Crippen LogP contribution in [0.1, 0.15) is 5.69 Å². The van der Waals surface area contributed by atoms with E-state index in [9.17, 15) is 14.7 Å². The molecule has 0 unspecified atom stereocenters. The standard InChI is InChI=1S/C12H12N2O4S/c1-5-4-19-12(13-5)14-10(15)8-6-2-3-7(18-6)9(8)11(16)17/h2-4,6-9H,1H3,(H,16,17)(H,13,14,15)/t6-,7+,8-,9-/m0/s1. The maximum atomic E-state index is 12.2. The van der Waals surface area contributed by atoms with Crippen LogP contribution >= 0.6 is 11.3 Å². The van der Waals surface area contributed by atoms with Crippen LogP contribution in [-0.2, 0) is 14.3 Å². The number of hydrogen-bond acceptors (Lipinski definition) is 5. The van der Waals surface area contributed by atoms with Crippen LogP contribution < -0.4 is 5.32 Å². The Morgan fingerprint density at radius 2 is 2.05 bits per heavy atom. The molecule has 0 aliphatic carbocycles. The Bertz CT molecular complexity index is 568. The van der Waals surface area contributed by atoms with E-state index in [1.165, 1.54) is 11.3 Å². The SMILES string of the molecule is Cc1csc(NC(=O)[C@@H]2[C@@H](C(=O)O)[C@H]3C=C[C@@H]2O3)n1. The van der Waals surface area contributed by atoms with E-state index < -0.39 is 30.0 Å². The highest BCUT2D eigenvalue weighted by molar-refractivity contribution is 7.13. The normalized spacial score (nSPS) is 31.6. The van der Waals surface area contributed by atoms with E-state index in [1.807, 2.05) is 12.3 Å². The average Bonchev–Trinajstić information content (AvgIpc) is 3.03. The summed E-state index contributed by atoms with van der Waals surface area (Å²) < 4.78 is 5.45. The number of ether oxygens (including phenoxy) is 1. The summed E-state index contributed by atoms with van der Waals surface area (Å²) in [6.07, 6.45) is 2.51. The molecule has 4 atom stereocenters. The van der Waals surface area contributed by atoms with Crippen molar-refractivity contribution >= 4 is 28.3 Å². The predicted octanol–water partition coefficient (Wildman–Crippen LogP) is 1.04. The number of nitrogens with one attached hydrogen (secondary N) is 1. The third-order valence-corrected chi connectivity index (χ3v) is 4.21. The zero-order chi connectivity index (χ0) is 13.6. The van der Waals surface area contributed by atoms with Gasteiger partial charge in [-0.15, -0.1) is 11.3 Å². The highest BCUT2D eigenvalue weighted by atomic mass is 32.1. The molecular formula is C12H12N2O4S. The van der Waals surface area contributed by atoms with Crippen LogP contribution in [0, 0.1) is 18.8 Å². The van der Waals surface area contributed by atoms with Crippen LogP contribution in [-0.4, -0.2) is 34.2 Å². The van der Waals surface area contributed by atoms with Gasteiger partial charge in [0.25, 0.3) is 0 Å². The minimum Gasteiger partial charge on any atom is -0.481 e. The quantitative estimate of drug-likeness (QED) is 0.808. The Balaban J connectivity index is 1.79. The summed E-state index contributed by atoms with van der Waals surface area (Å²) >= 11 is 1.32. The molecule has 0 spiro atoms. The van der Waals surface area contributed by atoms with Crippen LogP contribution in [0.15, 0.2) is 17.5 Å². The number of nitrogens with zero attached hydrogens (tertiary/aromatic N) is 1. The summed E-state index contributed by atoms with van der Waals surface area (Å²) in [7, 11) is 0. The first-order chi connectivity index (χ1) is 9.06. The van der Waals surface area contributed by atoms with Gasteiger partial charge in [0, 0.05) is 5.38 Å². The lowest BCUT2D eigenvalue weighted by Gasteiger charge is -2.20. The minimum atomic E-state index is -1.01. The molecule has 19 heavy (non-hydrogen) atoms. The van der Waals surface area contributed by atoms with Crippen LogP contribution in [0.3, 0.4) is 0 Å². The van der Waals surface area contributed by atoms with Crippen molar-refractivity contribution in [3.8, 4) is 0 Å². The fraction of sp³-hybridized carbons (Fsp3) is 0.417. The van der Waals surface area contributed by atoms with Crippen LogP contribution in [0.4, 0.5) is 5.13 Å². The number of hydrogen-bond donors (Lipinski definition) is 2. The Kier molecular flexibility index (Phi) is 2.87. The van der Waals surface area contributed by atoms with Crippen molar-refractivity contribution in [2.45, 2.75) is 19.1 Å². The smallest absolute Gasteiger partial charge is 0.310 e. The molecule has 2 N–H and O–H groups in total. The first-order valence-corrected chi connectivity index (χ1v) is 6.74. The molecule has 1 fully saturated rings. The number of carboxylic acid groups (broad SMARTS) is 1. The molecule has 1 aromatic heterocycles. The van der Waals surface area contributed by atoms with Crippen molar-refractivity contribution in [3.63, 3.8) is 0 Å². The van der Waals surface area contributed by atoms with Crippen LogP contribution in [0.5, 0.6) is 0 Å². The Labute approximate surface area is 113 Å². The number of carboxylic acids is 1. The molecule has 0 saturated carbocycles. The van der Waals surface area contributed by atoms with E-state index in [1.54, 1.807) is 12.2 Å². The van der Waals surface area contributed by atoms with Crippen molar-refractivity contribution in [2.75, 3.05) is 5.32 Å². The number of carbonyl (C=O) groups excluding carboxylic acids is 1. The van der Waals surface area contributed by atoms with Gasteiger partial charge < -0.3 is 15.2 Å². The van der Waals surface area contributed by atoms with Crippen LogP contribution in [0.25, 0.3) is 0 Å². The fourth-order valence-electron chi connectivity index (χ4n) is 2.52. The van der Waals surface area contributed by atoms with Crippen molar-refractivity contribution in [3.05, 3.63) is 23.2 Å². The zero-order valence-electron chi connectivity index (χ0n) is 10.1. The number of thiazole rings is 1. The van der Waals surface area contributed by atoms with Crippen molar-refractivity contribution in [1.29, 1.82) is 0 Å². The molecule has 1 saturated heterocycles. The number of aliphatic carboxylic acids is 1. The third kappa shape index (κ3) is 2.04. The number of aromatic nitrogens is 1. The molecule has 1 amide bonds. The first-order valence-electron chi connectivity index (χ1n) is 5.86. The number of rotatable bonds is 3. The van der Waals surface area contributed by atoms with E-state index in [2.05, 4.69) is 10.3 Å². The monoisotopic (exact) mass is 280 g/mol. The van der Waals surface area contributed by atoms with Gasteiger partial charge in [-0.2, -0.15) is 0 Å². The molecule has 100 valence electrons. The number of amides is 1. The van der Waals surface area contributed by atoms with E-state index >= 15 is 0 Å². The Morgan fingerprint density at radius 3 is 2.63 bits per heavy atom. The van der Waals surface area contributed by atoms with Gasteiger partial charge in [0.15, 0.2) is 5.13 Å². The molecule has 3 rings (SSSR count). The molecule has 2 bridgehead atoms. The predicted molar refractivity (Wildman–Crippen MR) is 67.9 cm³/mol. The van der Waals surface area contributed by atoms with Crippen molar-refractivity contribution in [2.24, 2.45) is 11.8 Å². The van der Waals surface area contributed by atoms with Gasteiger partial charge in [0.1, 0.15) is 5.92 Å². The molecule has 0 aromatic carbocycles. The lowest BCUT2D eigenvalue weighted by molar-refractivity contribution is -0.145. The molecule has 3 heterocycles. The van der Waals surface area contributed by atoms with E-state index in [0.717, 1.165) is 5.69 Å². The summed E-state index contributed by atoms with van der Waals surface area (Å²) in [5, 5.41) is 14.2. The number of fused-ring (bicyclic) bond motifs is 2. The molecule has 6 nitrogen and oxygen atoms in total. The second-order valence-corrected chi connectivity index (χ2v) is 5.48. The van der Waals surface area contributed by atoms with Crippen molar-refractivity contribution < 1.29 is 19.4 Å². The highest BCUT2D eigenvalue weighted by Crippen LogP contribution is 2.39.